The van der Waals surface area contributed by atoms with Crippen LogP contribution in [0.3, 0.4) is 0 Å². The molecule has 0 aromatic carbocycles. The highest BCUT2D eigenvalue weighted by molar-refractivity contribution is 8.13. The Balaban J connectivity index is 2.47. The molecule has 0 radical (unpaired) electrons. The van der Waals surface area contributed by atoms with Crippen LogP contribution in [-0.2, 0) is 15.6 Å². The monoisotopic (exact) mass is 268 g/mol. The third-order valence-electron chi connectivity index (χ3n) is 1.77. The van der Waals surface area contributed by atoms with Crippen LogP contribution in [0.25, 0.3) is 0 Å². The highest BCUT2D eigenvalue weighted by Crippen LogP contribution is 2.13. The van der Waals surface area contributed by atoms with Crippen molar-refractivity contribution in [3.63, 3.8) is 0 Å². The summed E-state index contributed by atoms with van der Waals surface area (Å²) in [5.74, 6) is 2.15. The number of aromatic nitrogens is 2. The maximum absolute atomic E-state index is 10.9. The van der Waals surface area contributed by atoms with Crippen LogP contribution in [0.1, 0.15) is 13.3 Å². The van der Waals surface area contributed by atoms with E-state index in [0.717, 1.165) is 24.5 Å². The Hall–Kier alpha value is -0.200. The molecule has 7 heteroatoms. The van der Waals surface area contributed by atoms with E-state index in [-0.39, 0.29) is 4.90 Å². The molecular weight excluding hydrogens is 256 g/mol. The fourth-order valence-corrected chi connectivity index (χ4v) is 2.35. The van der Waals surface area contributed by atoms with E-state index in [1.54, 1.807) is 4.68 Å². The highest BCUT2D eigenvalue weighted by Gasteiger charge is 2.11. The van der Waals surface area contributed by atoms with E-state index < -0.39 is 9.05 Å². The van der Waals surface area contributed by atoms with Gasteiger partial charge in [0.05, 0.1) is 6.20 Å². The van der Waals surface area contributed by atoms with Gasteiger partial charge in [0.15, 0.2) is 0 Å². The molecule has 15 heavy (non-hydrogen) atoms. The molecule has 0 atom stereocenters. The lowest BCUT2D eigenvalue weighted by Gasteiger charge is -1.99. The molecule has 0 fully saturated rings. The lowest BCUT2D eigenvalue weighted by atomic mass is 10.5. The molecule has 86 valence electrons. The largest absolute Gasteiger partial charge is 0.271 e. The van der Waals surface area contributed by atoms with Crippen LogP contribution in [0, 0.1) is 0 Å². The van der Waals surface area contributed by atoms with Gasteiger partial charge in [0.25, 0.3) is 9.05 Å². The summed E-state index contributed by atoms with van der Waals surface area (Å²) in [5.41, 5.74) is 0. The topological polar surface area (TPSA) is 52.0 Å². The number of nitrogens with zero attached hydrogens (tertiary/aromatic N) is 2. The molecule has 4 nitrogen and oxygen atoms in total. The van der Waals surface area contributed by atoms with Gasteiger partial charge in [0, 0.05) is 23.4 Å². The first-order valence-corrected chi connectivity index (χ1v) is 8.05. The molecule has 1 aromatic heterocycles. The first kappa shape index (κ1) is 12.9. The molecule has 0 amide bonds. The van der Waals surface area contributed by atoms with E-state index >= 15 is 0 Å². The zero-order valence-corrected chi connectivity index (χ0v) is 10.8. The quantitative estimate of drug-likeness (QED) is 0.585. The highest BCUT2D eigenvalue weighted by atomic mass is 35.7. The number of rotatable bonds is 6. The van der Waals surface area contributed by atoms with Gasteiger partial charge < -0.3 is 0 Å². The molecule has 0 aliphatic carbocycles. The van der Waals surface area contributed by atoms with Gasteiger partial charge in [0.2, 0.25) is 0 Å². The van der Waals surface area contributed by atoms with Crippen molar-refractivity contribution in [1.82, 2.24) is 9.78 Å². The fourth-order valence-electron chi connectivity index (χ4n) is 1.07. The third-order valence-corrected chi connectivity index (χ3v) is 4.07. The molecule has 0 aliphatic rings. The normalized spacial score (nSPS) is 11.9. The number of halogens is 1. The number of thioether (sulfide) groups is 1. The van der Waals surface area contributed by atoms with Gasteiger partial charge in [-0.2, -0.15) is 16.9 Å². The third kappa shape index (κ3) is 4.44. The molecule has 1 heterocycles. The van der Waals surface area contributed by atoms with Crippen molar-refractivity contribution >= 4 is 31.5 Å². The van der Waals surface area contributed by atoms with Gasteiger partial charge in [0.1, 0.15) is 4.90 Å². The van der Waals surface area contributed by atoms with Gasteiger partial charge in [-0.15, -0.1) is 0 Å². The Labute approximate surface area is 98.4 Å². The molecule has 0 saturated carbocycles. The van der Waals surface area contributed by atoms with E-state index in [1.807, 2.05) is 11.8 Å². The van der Waals surface area contributed by atoms with E-state index in [1.165, 1.54) is 12.4 Å². The Morgan fingerprint density at radius 2 is 2.33 bits per heavy atom. The van der Waals surface area contributed by atoms with Crippen molar-refractivity contribution in [2.24, 2.45) is 0 Å². The molecule has 0 aliphatic heterocycles. The predicted molar refractivity (Wildman–Crippen MR) is 62.9 cm³/mol. The second-order valence-corrected chi connectivity index (χ2v) is 6.89. The van der Waals surface area contributed by atoms with Crippen LogP contribution in [-0.4, -0.2) is 29.7 Å². The summed E-state index contributed by atoms with van der Waals surface area (Å²) in [7, 11) is 1.54. The van der Waals surface area contributed by atoms with E-state index in [0.29, 0.717) is 0 Å². The van der Waals surface area contributed by atoms with Gasteiger partial charge in [-0.3, -0.25) is 4.68 Å². The van der Waals surface area contributed by atoms with Crippen molar-refractivity contribution in [2.45, 2.75) is 24.8 Å². The Morgan fingerprint density at radius 3 is 2.87 bits per heavy atom. The predicted octanol–water partition coefficient (Wildman–Crippen LogP) is 1.95. The summed E-state index contributed by atoms with van der Waals surface area (Å²) in [6.07, 6.45) is 3.70. The maximum atomic E-state index is 10.9. The zero-order chi connectivity index (χ0) is 11.3. The Kier molecular flexibility index (Phi) is 4.95. The van der Waals surface area contributed by atoms with E-state index in [9.17, 15) is 8.42 Å². The molecule has 1 rings (SSSR count). The van der Waals surface area contributed by atoms with Crippen LogP contribution in [0.4, 0.5) is 0 Å². The summed E-state index contributed by atoms with van der Waals surface area (Å²) in [4.78, 5) is 0.0623. The second-order valence-electron chi connectivity index (χ2n) is 2.93. The number of hydrogen-bond acceptors (Lipinski definition) is 4. The molecule has 0 N–H and O–H groups in total. The second kappa shape index (κ2) is 5.77. The summed E-state index contributed by atoms with van der Waals surface area (Å²) >= 11 is 1.85. The van der Waals surface area contributed by atoms with Crippen LogP contribution >= 0.6 is 22.4 Å². The maximum Gasteiger partial charge on any atom is 0.264 e. The first-order chi connectivity index (χ1) is 7.04. The Bertz CT molecular complexity index is 403. The van der Waals surface area contributed by atoms with Crippen molar-refractivity contribution in [3.05, 3.63) is 12.4 Å². The van der Waals surface area contributed by atoms with Gasteiger partial charge in [-0.05, 0) is 17.9 Å². The number of hydrogen-bond donors (Lipinski definition) is 0. The summed E-state index contributed by atoms with van der Waals surface area (Å²) in [6, 6.07) is 0. The van der Waals surface area contributed by atoms with Crippen molar-refractivity contribution in [3.8, 4) is 0 Å². The van der Waals surface area contributed by atoms with E-state index in [4.69, 9.17) is 10.7 Å². The van der Waals surface area contributed by atoms with Crippen LogP contribution in [0.15, 0.2) is 17.3 Å². The SMILES string of the molecule is CCSCCCn1cc(S(=O)(=O)Cl)cn1. The van der Waals surface area contributed by atoms with Crippen molar-refractivity contribution < 1.29 is 8.42 Å². The molecule has 0 spiro atoms. The average molecular weight is 269 g/mol. The fraction of sp³-hybridized carbons (Fsp3) is 0.625. The van der Waals surface area contributed by atoms with Crippen LogP contribution < -0.4 is 0 Å². The minimum atomic E-state index is -3.63. The molecule has 0 unspecified atom stereocenters. The first-order valence-electron chi connectivity index (χ1n) is 4.59. The molecule has 0 bridgehead atoms. The zero-order valence-electron chi connectivity index (χ0n) is 8.39. The summed E-state index contributed by atoms with van der Waals surface area (Å²) in [5, 5.41) is 3.92. The summed E-state index contributed by atoms with van der Waals surface area (Å²) in [6.45, 7) is 2.83. The molecule has 0 saturated heterocycles. The average Bonchev–Trinajstić information content (AvgIpc) is 2.60. The molecular formula is C8H13ClN2O2S2. The lowest BCUT2D eigenvalue weighted by molar-refractivity contribution is 0.601. The molecule has 1 aromatic rings. The Morgan fingerprint density at radius 1 is 1.60 bits per heavy atom. The smallest absolute Gasteiger partial charge is 0.264 e. The lowest BCUT2D eigenvalue weighted by Crippen LogP contribution is -1.99. The van der Waals surface area contributed by atoms with Gasteiger partial charge in [-0.1, -0.05) is 6.92 Å². The van der Waals surface area contributed by atoms with Crippen molar-refractivity contribution in [2.75, 3.05) is 11.5 Å². The standard InChI is InChI=1S/C8H13ClN2O2S2/c1-2-14-5-3-4-11-7-8(6-10-11)15(9,12)13/h6-7H,2-5H2,1H3. The number of aryl methyl sites for hydroxylation is 1. The summed E-state index contributed by atoms with van der Waals surface area (Å²) < 4.78 is 23.5. The minimum absolute atomic E-state index is 0.0623. The van der Waals surface area contributed by atoms with Crippen LogP contribution in [0.5, 0.6) is 0 Å². The van der Waals surface area contributed by atoms with E-state index in [2.05, 4.69) is 12.0 Å². The van der Waals surface area contributed by atoms with Gasteiger partial charge >= 0.3 is 0 Å². The van der Waals surface area contributed by atoms with Crippen molar-refractivity contribution in [1.29, 1.82) is 0 Å². The minimum Gasteiger partial charge on any atom is -0.271 e. The van der Waals surface area contributed by atoms with Gasteiger partial charge in [-0.25, -0.2) is 8.42 Å². The van der Waals surface area contributed by atoms with Crippen LogP contribution in [0.2, 0.25) is 0 Å².